The summed E-state index contributed by atoms with van der Waals surface area (Å²) in [6.45, 7) is 1.45. The minimum atomic E-state index is -2.49. The zero-order valence-electron chi connectivity index (χ0n) is 11.2. The van der Waals surface area contributed by atoms with E-state index in [1.165, 1.54) is 0 Å². The fourth-order valence-corrected chi connectivity index (χ4v) is 1.45. The summed E-state index contributed by atoms with van der Waals surface area (Å²) in [6, 6.07) is 6.65. The smallest absolute Gasteiger partial charge is 0.319 e. The van der Waals surface area contributed by atoms with Crippen LogP contribution < -0.4 is 16.4 Å². The van der Waals surface area contributed by atoms with Crippen LogP contribution in [0.1, 0.15) is 18.5 Å². The van der Waals surface area contributed by atoms with Gasteiger partial charge in [-0.15, -0.1) is 0 Å². The third kappa shape index (κ3) is 6.44. The third-order valence-electron chi connectivity index (χ3n) is 2.47. The van der Waals surface area contributed by atoms with Gasteiger partial charge in [0.25, 0.3) is 6.43 Å². The number of rotatable bonds is 7. The van der Waals surface area contributed by atoms with Crippen LogP contribution in [0.3, 0.4) is 0 Å². The normalized spacial score (nSPS) is 12.2. The predicted molar refractivity (Wildman–Crippen MR) is 72.9 cm³/mol. The van der Waals surface area contributed by atoms with Crippen molar-refractivity contribution in [3.05, 3.63) is 29.8 Å². The Bertz CT molecular complexity index is 411. The Labute approximate surface area is 116 Å². The summed E-state index contributed by atoms with van der Waals surface area (Å²) in [5, 5.41) is 5.11. The standard InChI is InChI=1S/C13H19F2N3O2/c1-9(16)10-2-4-11(5-3-10)18-13(19)17-6-7-20-8-12(14)15/h2-5,9,12H,6-8,16H2,1H3,(H2,17,18,19). The summed E-state index contributed by atoms with van der Waals surface area (Å²) in [6.07, 6.45) is -2.49. The van der Waals surface area contributed by atoms with Gasteiger partial charge in [0.1, 0.15) is 6.61 Å². The summed E-state index contributed by atoms with van der Waals surface area (Å²) in [5.41, 5.74) is 7.31. The minimum Gasteiger partial charge on any atom is -0.374 e. The van der Waals surface area contributed by atoms with Crippen molar-refractivity contribution in [2.45, 2.75) is 19.4 Å². The zero-order valence-corrected chi connectivity index (χ0v) is 11.2. The molecule has 0 heterocycles. The van der Waals surface area contributed by atoms with E-state index in [1.807, 2.05) is 19.1 Å². The lowest BCUT2D eigenvalue weighted by Crippen LogP contribution is -2.31. The fraction of sp³-hybridized carbons (Fsp3) is 0.462. The second kappa shape index (κ2) is 8.44. The van der Waals surface area contributed by atoms with E-state index in [0.29, 0.717) is 5.69 Å². The third-order valence-corrected chi connectivity index (χ3v) is 2.47. The number of alkyl halides is 2. The highest BCUT2D eigenvalue weighted by atomic mass is 19.3. The molecule has 0 aliphatic rings. The molecule has 0 saturated heterocycles. The molecule has 4 N–H and O–H groups in total. The monoisotopic (exact) mass is 287 g/mol. The van der Waals surface area contributed by atoms with Crippen molar-refractivity contribution < 1.29 is 18.3 Å². The van der Waals surface area contributed by atoms with E-state index >= 15 is 0 Å². The molecule has 0 aromatic heterocycles. The Morgan fingerprint density at radius 3 is 2.55 bits per heavy atom. The summed E-state index contributed by atoms with van der Waals surface area (Å²) in [5.74, 6) is 0. The van der Waals surface area contributed by atoms with Crippen molar-refractivity contribution >= 4 is 11.7 Å². The van der Waals surface area contributed by atoms with Gasteiger partial charge in [-0.25, -0.2) is 13.6 Å². The highest BCUT2D eigenvalue weighted by molar-refractivity contribution is 5.89. The van der Waals surface area contributed by atoms with Gasteiger partial charge in [-0.1, -0.05) is 12.1 Å². The average Bonchev–Trinajstić information content (AvgIpc) is 2.38. The Morgan fingerprint density at radius 1 is 1.35 bits per heavy atom. The maximum absolute atomic E-state index is 11.8. The number of hydrogen-bond acceptors (Lipinski definition) is 3. The van der Waals surface area contributed by atoms with E-state index in [-0.39, 0.29) is 19.2 Å². The lowest BCUT2D eigenvalue weighted by atomic mass is 10.1. The summed E-state index contributed by atoms with van der Waals surface area (Å²) in [7, 11) is 0. The van der Waals surface area contributed by atoms with Crippen LogP contribution in [0.4, 0.5) is 19.3 Å². The van der Waals surface area contributed by atoms with Crippen LogP contribution in [-0.2, 0) is 4.74 Å². The molecular weight excluding hydrogens is 268 g/mol. The van der Waals surface area contributed by atoms with E-state index < -0.39 is 19.1 Å². The number of carbonyl (C=O) groups excluding carboxylic acids is 1. The van der Waals surface area contributed by atoms with Crippen LogP contribution in [0.25, 0.3) is 0 Å². The number of urea groups is 1. The van der Waals surface area contributed by atoms with Crippen molar-refractivity contribution in [2.24, 2.45) is 5.73 Å². The summed E-state index contributed by atoms with van der Waals surface area (Å²) in [4.78, 5) is 11.5. The second-order valence-electron chi connectivity index (χ2n) is 4.26. The van der Waals surface area contributed by atoms with E-state index in [4.69, 9.17) is 5.73 Å². The molecule has 1 rings (SSSR count). The van der Waals surface area contributed by atoms with Crippen molar-refractivity contribution in [3.8, 4) is 0 Å². The first kappa shape index (κ1) is 16.3. The Balaban J connectivity index is 2.25. The summed E-state index contributed by atoms with van der Waals surface area (Å²) < 4.78 is 28.2. The number of benzene rings is 1. The summed E-state index contributed by atoms with van der Waals surface area (Å²) >= 11 is 0. The van der Waals surface area contributed by atoms with Gasteiger partial charge in [0, 0.05) is 18.3 Å². The van der Waals surface area contributed by atoms with E-state index in [0.717, 1.165) is 5.56 Å². The van der Waals surface area contributed by atoms with Gasteiger partial charge in [-0.3, -0.25) is 0 Å². The first-order valence-electron chi connectivity index (χ1n) is 6.25. The lowest BCUT2D eigenvalue weighted by Gasteiger charge is -2.10. The van der Waals surface area contributed by atoms with Crippen LogP contribution in [0.15, 0.2) is 24.3 Å². The number of amides is 2. The van der Waals surface area contributed by atoms with Gasteiger partial charge in [0.15, 0.2) is 0 Å². The number of halogens is 2. The Morgan fingerprint density at radius 2 is 2.00 bits per heavy atom. The molecule has 0 aliphatic carbocycles. The topological polar surface area (TPSA) is 76.4 Å². The molecule has 0 bridgehead atoms. The number of nitrogens with two attached hydrogens (primary N) is 1. The van der Waals surface area contributed by atoms with Crippen molar-refractivity contribution in [1.29, 1.82) is 0 Å². The maximum Gasteiger partial charge on any atom is 0.319 e. The van der Waals surface area contributed by atoms with Gasteiger partial charge < -0.3 is 21.1 Å². The van der Waals surface area contributed by atoms with Gasteiger partial charge in [-0.2, -0.15) is 0 Å². The molecule has 2 amide bonds. The molecule has 1 unspecified atom stereocenters. The van der Waals surface area contributed by atoms with Crippen molar-refractivity contribution in [2.75, 3.05) is 25.1 Å². The van der Waals surface area contributed by atoms with Crippen LogP contribution in [0.2, 0.25) is 0 Å². The number of carbonyl (C=O) groups is 1. The molecule has 1 aromatic carbocycles. The first-order valence-corrected chi connectivity index (χ1v) is 6.25. The van der Waals surface area contributed by atoms with Crippen LogP contribution in [-0.4, -0.2) is 32.2 Å². The van der Waals surface area contributed by atoms with E-state index in [9.17, 15) is 13.6 Å². The zero-order chi connectivity index (χ0) is 15.0. The van der Waals surface area contributed by atoms with Crippen LogP contribution in [0.5, 0.6) is 0 Å². The van der Waals surface area contributed by atoms with Gasteiger partial charge >= 0.3 is 6.03 Å². The molecule has 0 spiro atoms. The number of ether oxygens (including phenoxy) is 1. The SMILES string of the molecule is CC(N)c1ccc(NC(=O)NCCOCC(F)F)cc1. The number of nitrogens with one attached hydrogen (secondary N) is 2. The van der Waals surface area contributed by atoms with Crippen LogP contribution >= 0.6 is 0 Å². The molecule has 0 fully saturated rings. The van der Waals surface area contributed by atoms with Crippen LogP contribution in [0, 0.1) is 0 Å². The van der Waals surface area contributed by atoms with Crippen molar-refractivity contribution in [1.82, 2.24) is 5.32 Å². The molecule has 0 aliphatic heterocycles. The van der Waals surface area contributed by atoms with E-state index in [2.05, 4.69) is 15.4 Å². The molecule has 1 atom stereocenters. The highest BCUT2D eigenvalue weighted by Crippen LogP contribution is 2.13. The minimum absolute atomic E-state index is 0.0430. The average molecular weight is 287 g/mol. The number of anilines is 1. The van der Waals surface area contributed by atoms with Crippen molar-refractivity contribution in [3.63, 3.8) is 0 Å². The second-order valence-corrected chi connectivity index (χ2v) is 4.26. The molecule has 7 heteroatoms. The highest BCUT2D eigenvalue weighted by Gasteiger charge is 2.04. The molecular formula is C13H19F2N3O2. The fourth-order valence-electron chi connectivity index (χ4n) is 1.45. The Hall–Kier alpha value is -1.73. The van der Waals surface area contributed by atoms with E-state index in [1.54, 1.807) is 12.1 Å². The largest absolute Gasteiger partial charge is 0.374 e. The maximum atomic E-state index is 11.8. The van der Waals surface area contributed by atoms with Gasteiger partial charge in [0.2, 0.25) is 0 Å². The molecule has 112 valence electrons. The van der Waals surface area contributed by atoms with Gasteiger partial charge in [-0.05, 0) is 24.6 Å². The predicted octanol–water partition coefficient (Wildman–Crippen LogP) is 2.11. The molecule has 0 saturated carbocycles. The Kier molecular flexibility index (Phi) is 6.89. The molecule has 0 radical (unpaired) electrons. The quantitative estimate of drug-likeness (QED) is 0.672. The number of hydrogen-bond donors (Lipinski definition) is 3. The molecule has 1 aromatic rings. The molecule has 20 heavy (non-hydrogen) atoms. The lowest BCUT2D eigenvalue weighted by molar-refractivity contribution is 0.0194. The molecule has 5 nitrogen and oxygen atoms in total. The first-order chi connectivity index (χ1) is 9.49. The van der Waals surface area contributed by atoms with Gasteiger partial charge in [0.05, 0.1) is 6.61 Å².